The number of nitrogens with one attached hydrogen (secondary N) is 2. The molecular weight excluding hydrogens is 532 g/mol. The van der Waals surface area contributed by atoms with Crippen LogP contribution in [0.4, 0.5) is 18.9 Å². The predicted octanol–water partition coefficient (Wildman–Crippen LogP) is 3.05. The molecular formula is C20H24F3IN2O5. The Kier molecular flexibility index (Phi) is 9.62. The van der Waals surface area contributed by atoms with Crippen LogP contribution in [0.15, 0.2) is 27.7 Å². The molecule has 1 aliphatic heterocycles. The van der Waals surface area contributed by atoms with Crippen molar-refractivity contribution in [1.82, 2.24) is 5.48 Å². The van der Waals surface area contributed by atoms with Crippen molar-refractivity contribution in [3.8, 4) is 0 Å². The number of ether oxygens (including phenoxy) is 1. The second-order valence-electron chi connectivity index (χ2n) is 7.32. The van der Waals surface area contributed by atoms with E-state index < -0.39 is 55.2 Å². The van der Waals surface area contributed by atoms with Crippen molar-refractivity contribution in [3.63, 3.8) is 0 Å². The SMILES string of the molecule is CC(C)(CO)COCc1cc(C(=O)NOCCO)c(NC2=C(F)C=IC=C2)c(F)c1F. The molecule has 0 saturated carbocycles. The zero-order chi connectivity index (χ0) is 23.0. The Bertz CT molecular complexity index is 903. The number of carbonyl (C=O) groups is 1. The normalized spacial score (nSPS) is 13.9. The number of aliphatic hydroxyl groups is 2. The van der Waals surface area contributed by atoms with Gasteiger partial charge in [-0.1, -0.05) is 34.6 Å². The maximum Gasteiger partial charge on any atom is 0.277 e. The minimum absolute atomic E-state index is 0.0630. The summed E-state index contributed by atoms with van der Waals surface area (Å²) in [5, 5.41) is 20.5. The number of rotatable bonds is 11. The van der Waals surface area contributed by atoms with E-state index >= 15 is 0 Å². The molecule has 4 N–H and O–H groups in total. The minimum Gasteiger partial charge on any atom is -0.396 e. The lowest BCUT2D eigenvalue weighted by molar-refractivity contribution is 0.0163. The van der Waals surface area contributed by atoms with Crippen LogP contribution in [0.25, 0.3) is 0 Å². The van der Waals surface area contributed by atoms with Gasteiger partial charge < -0.3 is 20.3 Å². The summed E-state index contributed by atoms with van der Waals surface area (Å²) >= 11 is -0.602. The summed E-state index contributed by atoms with van der Waals surface area (Å²) < 4.78 is 52.1. The van der Waals surface area contributed by atoms with Gasteiger partial charge in [0.2, 0.25) is 0 Å². The lowest BCUT2D eigenvalue weighted by atomic mass is 9.96. The topological polar surface area (TPSA) is 100 Å². The molecule has 0 bridgehead atoms. The highest BCUT2D eigenvalue weighted by Crippen LogP contribution is 2.30. The van der Waals surface area contributed by atoms with Crippen LogP contribution in [0.2, 0.25) is 0 Å². The molecule has 172 valence electrons. The van der Waals surface area contributed by atoms with Crippen molar-refractivity contribution in [1.29, 1.82) is 0 Å². The molecule has 0 saturated heterocycles. The summed E-state index contributed by atoms with van der Waals surface area (Å²) in [7, 11) is 0. The molecule has 1 aliphatic rings. The van der Waals surface area contributed by atoms with Crippen LogP contribution < -0.4 is 10.8 Å². The largest absolute Gasteiger partial charge is 0.396 e. The van der Waals surface area contributed by atoms with E-state index in [2.05, 4.69) is 5.32 Å². The third kappa shape index (κ3) is 7.10. The average molecular weight is 556 g/mol. The fourth-order valence-electron chi connectivity index (χ4n) is 2.35. The quantitative estimate of drug-likeness (QED) is 0.190. The third-order valence-corrected chi connectivity index (χ3v) is 5.72. The first-order valence-electron chi connectivity index (χ1n) is 9.21. The highest BCUT2D eigenvalue weighted by molar-refractivity contribution is 14.2. The van der Waals surface area contributed by atoms with Gasteiger partial charge in [-0.25, -0.2) is 18.7 Å². The number of benzene rings is 1. The van der Waals surface area contributed by atoms with Gasteiger partial charge in [0.05, 0.1) is 50.0 Å². The molecule has 1 amide bonds. The van der Waals surface area contributed by atoms with Gasteiger partial charge in [0.15, 0.2) is 17.5 Å². The number of hydrogen-bond acceptors (Lipinski definition) is 6. The number of allylic oxidation sites excluding steroid dienone is 2. The fourth-order valence-corrected chi connectivity index (χ4v) is 3.78. The molecule has 0 spiro atoms. The van der Waals surface area contributed by atoms with Crippen molar-refractivity contribution in [2.24, 2.45) is 5.41 Å². The van der Waals surface area contributed by atoms with E-state index in [1.807, 2.05) is 5.48 Å². The Morgan fingerprint density at radius 2 is 1.97 bits per heavy atom. The first kappa shape index (κ1) is 25.5. The van der Waals surface area contributed by atoms with Gasteiger partial charge in [0.25, 0.3) is 5.91 Å². The number of anilines is 1. The number of amides is 1. The molecule has 0 aromatic heterocycles. The van der Waals surface area contributed by atoms with Crippen molar-refractivity contribution in [2.45, 2.75) is 20.5 Å². The van der Waals surface area contributed by atoms with E-state index in [0.29, 0.717) is 0 Å². The molecule has 2 rings (SSSR count). The molecule has 7 nitrogen and oxygen atoms in total. The van der Waals surface area contributed by atoms with Crippen molar-refractivity contribution >= 4 is 36.3 Å². The van der Waals surface area contributed by atoms with Crippen molar-refractivity contribution in [3.05, 3.63) is 50.5 Å². The van der Waals surface area contributed by atoms with Crippen molar-refractivity contribution in [2.75, 3.05) is 31.7 Å². The molecule has 1 aromatic carbocycles. The zero-order valence-electron chi connectivity index (χ0n) is 17.0. The molecule has 0 atom stereocenters. The Morgan fingerprint density at radius 3 is 2.61 bits per heavy atom. The second kappa shape index (κ2) is 11.7. The number of aliphatic hydroxyl groups excluding tert-OH is 2. The number of carbonyl (C=O) groups excluding carboxylic acids is 1. The van der Waals surface area contributed by atoms with Crippen LogP contribution in [-0.4, -0.2) is 46.6 Å². The van der Waals surface area contributed by atoms with Crippen LogP contribution in [0.3, 0.4) is 0 Å². The van der Waals surface area contributed by atoms with Crippen LogP contribution >= 0.6 is 20.7 Å². The lowest BCUT2D eigenvalue weighted by Gasteiger charge is -2.22. The van der Waals surface area contributed by atoms with Gasteiger partial charge in [-0.3, -0.25) is 9.63 Å². The summed E-state index contributed by atoms with van der Waals surface area (Å²) in [4.78, 5) is 17.3. The Balaban J connectivity index is 2.38. The molecule has 0 unspecified atom stereocenters. The summed E-state index contributed by atoms with van der Waals surface area (Å²) in [6.45, 7) is 2.40. The van der Waals surface area contributed by atoms with Gasteiger partial charge in [-0.15, -0.1) is 0 Å². The number of halogens is 4. The first-order valence-corrected chi connectivity index (χ1v) is 11.7. The summed E-state index contributed by atoms with van der Waals surface area (Å²) in [5.41, 5.74) is 0.173. The standard InChI is InChI=1S/C20H24F3IN2O5/c1-20(2,10-28)11-30-9-12-7-13(19(29)26-31-6-5-27)18(17(23)16(12)22)25-15-3-4-24-8-14(15)21/h3-4,7-8,25,27-28H,5-6,9-11H2,1-2H3,(H,26,29). The summed E-state index contributed by atoms with van der Waals surface area (Å²) in [5.74, 6) is -4.20. The first-order chi connectivity index (χ1) is 14.7. The van der Waals surface area contributed by atoms with E-state index in [0.717, 1.165) is 6.07 Å². The van der Waals surface area contributed by atoms with Crippen LogP contribution in [-0.2, 0) is 16.2 Å². The summed E-state index contributed by atoms with van der Waals surface area (Å²) in [6.07, 6.45) is 1.40. The highest BCUT2D eigenvalue weighted by atomic mass is 127. The van der Waals surface area contributed by atoms with Crippen LogP contribution in [0.5, 0.6) is 0 Å². The van der Waals surface area contributed by atoms with Gasteiger partial charge in [0.1, 0.15) is 0 Å². The monoisotopic (exact) mass is 556 g/mol. The fraction of sp³-hybridized carbons (Fsp3) is 0.400. The minimum atomic E-state index is -1.39. The van der Waals surface area contributed by atoms with E-state index in [4.69, 9.17) is 14.7 Å². The number of hydrogen-bond donors (Lipinski definition) is 4. The third-order valence-electron chi connectivity index (χ3n) is 4.04. The van der Waals surface area contributed by atoms with Gasteiger partial charge >= 0.3 is 0 Å². The molecule has 11 heteroatoms. The van der Waals surface area contributed by atoms with E-state index in [1.54, 1.807) is 17.9 Å². The molecule has 0 radical (unpaired) electrons. The Hall–Kier alpha value is -1.80. The average Bonchev–Trinajstić information content (AvgIpc) is 2.74. The summed E-state index contributed by atoms with van der Waals surface area (Å²) in [6, 6.07) is 1.08. The molecule has 1 heterocycles. The van der Waals surface area contributed by atoms with E-state index in [1.165, 1.54) is 10.1 Å². The smallest absolute Gasteiger partial charge is 0.277 e. The molecule has 31 heavy (non-hydrogen) atoms. The van der Waals surface area contributed by atoms with Gasteiger partial charge in [-0.05, 0) is 16.2 Å². The maximum atomic E-state index is 14.9. The molecule has 1 aromatic rings. The van der Waals surface area contributed by atoms with Gasteiger partial charge in [-0.2, -0.15) is 0 Å². The van der Waals surface area contributed by atoms with Crippen molar-refractivity contribution < 1.29 is 37.8 Å². The lowest BCUT2D eigenvalue weighted by Crippen LogP contribution is -2.27. The van der Waals surface area contributed by atoms with Crippen LogP contribution in [0.1, 0.15) is 29.8 Å². The Morgan fingerprint density at radius 1 is 1.23 bits per heavy atom. The van der Waals surface area contributed by atoms with E-state index in [-0.39, 0.29) is 49.9 Å². The Labute approximate surface area is 187 Å². The molecule has 0 aliphatic carbocycles. The molecule has 0 fully saturated rings. The maximum absolute atomic E-state index is 14.9. The van der Waals surface area contributed by atoms with Gasteiger partial charge in [0, 0.05) is 15.0 Å². The second-order valence-corrected chi connectivity index (χ2v) is 9.38. The number of hydroxylamine groups is 1. The van der Waals surface area contributed by atoms with Crippen LogP contribution in [0, 0.1) is 17.0 Å². The zero-order valence-corrected chi connectivity index (χ0v) is 19.1. The highest BCUT2D eigenvalue weighted by Gasteiger charge is 2.25. The van der Waals surface area contributed by atoms with E-state index in [9.17, 15) is 23.1 Å². The predicted molar refractivity (Wildman–Crippen MR) is 118 cm³/mol.